The second-order valence-corrected chi connectivity index (χ2v) is 10.2. The SMILES string of the molecule is CC1(N)C=CC=CN1.Cn1nnnc1C(C)(CC1CC1)N1C=C(C2CC2)C(OCC(F)(F)F)=CC1. The molecule has 35 heavy (non-hydrogen) atoms. The summed E-state index contributed by atoms with van der Waals surface area (Å²) in [6.45, 7) is 3.25. The van der Waals surface area contributed by atoms with E-state index in [1.165, 1.54) is 12.8 Å². The van der Waals surface area contributed by atoms with Crippen molar-refractivity contribution >= 4 is 0 Å². The molecule has 0 amide bonds. The number of allylic oxidation sites excluding steroid dienone is 3. The van der Waals surface area contributed by atoms with Gasteiger partial charge in [-0.2, -0.15) is 13.2 Å². The van der Waals surface area contributed by atoms with Crippen molar-refractivity contribution in [1.29, 1.82) is 0 Å². The summed E-state index contributed by atoms with van der Waals surface area (Å²) in [7, 11) is 1.82. The lowest BCUT2D eigenvalue weighted by atomic mass is 9.90. The lowest BCUT2D eigenvalue weighted by molar-refractivity contribution is -0.164. The number of halogens is 3. The molecule has 2 aliphatic carbocycles. The molecule has 1 aromatic heterocycles. The Morgan fingerprint density at radius 1 is 1.23 bits per heavy atom. The predicted octanol–water partition coefficient (Wildman–Crippen LogP) is 3.63. The van der Waals surface area contributed by atoms with Gasteiger partial charge >= 0.3 is 6.18 Å². The molecular formula is C24H34F3N7O. The zero-order valence-corrected chi connectivity index (χ0v) is 20.4. The lowest BCUT2D eigenvalue weighted by Gasteiger charge is -2.41. The molecule has 5 rings (SSSR count). The Morgan fingerprint density at radius 2 is 1.97 bits per heavy atom. The fourth-order valence-corrected chi connectivity index (χ4v) is 4.42. The zero-order chi connectivity index (χ0) is 25.3. The largest absolute Gasteiger partial charge is 0.484 e. The first-order chi connectivity index (χ1) is 16.5. The Balaban J connectivity index is 0.000000308. The molecule has 1 aromatic rings. The van der Waals surface area contributed by atoms with Gasteiger partial charge in [0.05, 0.1) is 5.54 Å². The zero-order valence-electron chi connectivity index (χ0n) is 20.4. The molecule has 0 aromatic carbocycles. The van der Waals surface area contributed by atoms with E-state index in [4.69, 9.17) is 10.5 Å². The van der Waals surface area contributed by atoms with E-state index in [1.54, 1.807) is 10.8 Å². The van der Waals surface area contributed by atoms with Crippen molar-refractivity contribution in [2.75, 3.05) is 13.2 Å². The van der Waals surface area contributed by atoms with Crippen LogP contribution in [-0.4, -0.2) is 50.1 Å². The summed E-state index contributed by atoms with van der Waals surface area (Å²) in [5.74, 6) is 2.05. The van der Waals surface area contributed by atoms with E-state index in [0.717, 1.165) is 30.7 Å². The van der Waals surface area contributed by atoms with Crippen LogP contribution in [0.25, 0.3) is 0 Å². The molecule has 3 N–H and O–H groups in total. The molecule has 8 nitrogen and oxygen atoms in total. The second kappa shape index (κ2) is 9.67. The summed E-state index contributed by atoms with van der Waals surface area (Å²) >= 11 is 0. The predicted molar refractivity (Wildman–Crippen MR) is 125 cm³/mol. The standard InChI is InChI=1S/C18H24F3N5O.C6H10N2/c1-17(9-12-3-4-12,16-22-23-24-25(16)2)26-8-7-15(27-11-18(19,20)21)14(10-26)13-5-6-13;1-6(7)4-2-3-5-8-6/h7,10,12-13H,3-6,8-9,11H2,1-2H3;2-5,8H,7H2,1H3. The third-order valence-electron chi connectivity index (χ3n) is 6.62. The van der Waals surface area contributed by atoms with Crippen molar-refractivity contribution < 1.29 is 17.9 Å². The van der Waals surface area contributed by atoms with Gasteiger partial charge in [-0.1, -0.05) is 18.9 Å². The topological polar surface area (TPSA) is 94.1 Å². The maximum atomic E-state index is 12.6. The van der Waals surface area contributed by atoms with Gasteiger partial charge in [-0.05, 0) is 79.8 Å². The quantitative estimate of drug-likeness (QED) is 0.599. The molecule has 2 saturated carbocycles. The average molecular weight is 494 g/mol. The molecule has 0 saturated heterocycles. The number of hydrogen-bond acceptors (Lipinski definition) is 7. The van der Waals surface area contributed by atoms with Crippen molar-refractivity contribution in [1.82, 2.24) is 30.4 Å². The van der Waals surface area contributed by atoms with Gasteiger partial charge in [0, 0.05) is 25.4 Å². The number of nitrogens with zero attached hydrogens (tertiary/aromatic N) is 5. The highest BCUT2D eigenvalue weighted by Gasteiger charge is 2.44. The molecule has 0 spiro atoms. The molecule has 2 unspecified atom stereocenters. The Morgan fingerprint density at radius 3 is 2.46 bits per heavy atom. The third kappa shape index (κ3) is 6.65. The third-order valence-corrected chi connectivity index (χ3v) is 6.62. The van der Waals surface area contributed by atoms with Gasteiger partial charge in [-0.25, -0.2) is 4.68 Å². The molecular weight excluding hydrogens is 459 g/mol. The maximum Gasteiger partial charge on any atom is 0.422 e. The summed E-state index contributed by atoms with van der Waals surface area (Å²) in [6, 6.07) is 0. The van der Waals surface area contributed by atoms with Crippen LogP contribution in [0.5, 0.6) is 0 Å². The van der Waals surface area contributed by atoms with Crippen molar-refractivity contribution in [3.63, 3.8) is 0 Å². The number of hydrogen-bond donors (Lipinski definition) is 2. The Bertz CT molecular complexity index is 1020. The molecule has 11 heteroatoms. The van der Waals surface area contributed by atoms with Crippen LogP contribution in [0.3, 0.4) is 0 Å². The van der Waals surface area contributed by atoms with Crippen LogP contribution in [-0.2, 0) is 17.3 Å². The maximum absolute atomic E-state index is 12.6. The van der Waals surface area contributed by atoms with Crippen molar-refractivity contribution in [2.24, 2.45) is 24.6 Å². The van der Waals surface area contributed by atoms with Gasteiger partial charge in [0.25, 0.3) is 0 Å². The Labute approximate surface area is 203 Å². The van der Waals surface area contributed by atoms with E-state index in [-0.39, 0.29) is 11.6 Å². The molecule has 192 valence electrons. The van der Waals surface area contributed by atoms with Crippen molar-refractivity contribution in [3.8, 4) is 0 Å². The van der Waals surface area contributed by atoms with E-state index in [2.05, 4.69) is 32.7 Å². The second-order valence-electron chi connectivity index (χ2n) is 10.2. The number of tetrazole rings is 1. The number of aromatic nitrogens is 4. The average Bonchev–Trinajstić information content (AvgIpc) is 3.72. The highest BCUT2D eigenvalue weighted by molar-refractivity contribution is 5.35. The van der Waals surface area contributed by atoms with E-state index >= 15 is 0 Å². The van der Waals surface area contributed by atoms with Gasteiger partial charge in [0.2, 0.25) is 0 Å². The molecule has 2 aliphatic heterocycles. The van der Waals surface area contributed by atoms with Gasteiger partial charge < -0.3 is 20.7 Å². The highest BCUT2D eigenvalue weighted by atomic mass is 19.4. The molecule has 0 bridgehead atoms. The first kappa shape index (κ1) is 25.3. The first-order valence-corrected chi connectivity index (χ1v) is 12.0. The summed E-state index contributed by atoms with van der Waals surface area (Å²) in [5.41, 5.74) is 5.74. The number of ether oxygens (including phenoxy) is 1. The molecule has 3 heterocycles. The monoisotopic (exact) mass is 493 g/mol. The van der Waals surface area contributed by atoms with Gasteiger partial charge in [-0.3, -0.25) is 0 Å². The Kier molecular flexibility index (Phi) is 6.99. The van der Waals surface area contributed by atoms with Crippen molar-refractivity contribution in [3.05, 3.63) is 53.9 Å². The van der Waals surface area contributed by atoms with Crippen LogP contribution < -0.4 is 11.1 Å². The van der Waals surface area contributed by atoms with E-state index in [1.807, 2.05) is 44.6 Å². The van der Waals surface area contributed by atoms with Crippen LogP contribution in [0.1, 0.15) is 51.8 Å². The number of alkyl halides is 3. The van der Waals surface area contributed by atoms with Crippen LogP contribution in [0.4, 0.5) is 13.2 Å². The Hall–Kier alpha value is -2.82. The molecule has 4 aliphatic rings. The fraction of sp³-hybridized carbons (Fsp3) is 0.625. The highest BCUT2D eigenvalue weighted by Crippen LogP contribution is 2.47. The summed E-state index contributed by atoms with van der Waals surface area (Å²) in [5, 5.41) is 15.0. The van der Waals surface area contributed by atoms with Gasteiger partial charge in [0.1, 0.15) is 11.4 Å². The summed E-state index contributed by atoms with van der Waals surface area (Å²) in [4.78, 5) is 2.17. The normalized spacial score (nSPS) is 25.6. The molecule has 2 fully saturated rings. The number of dihydropyridines is 1. The van der Waals surface area contributed by atoms with Crippen LogP contribution in [0, 0.1) is 11.8 Å². The smallest absolute Gasteiger partial charge is 0.422 e. The number of rotatable bonds is 7. The minimum Gasteiger partial charge on any atom is -0.484 e. The van der Waals surface area contributed by atoms with Crippen LogP contribution >= 0.6 is 0 Å². The van der Waals surface area contributed by atoms with Crippen molar-refractivity contribution in [2.45, 2.75) is 63.3 Å². The van der Waals surface area contributed by atoms with Crippen LogP contribution in [0.2, 0.25) is 0 Å². The summed E-state index contributed by atoms with van der Waals surface area (Å²) in [6.07, 6.45) is 12.3. The van der Waals surface area contributed by atoms with Crippen LogP contribution in [0.15, 0.2) is 48.0 Å². The lowest BCUT2D eigenvalue weighted by Crippen LogP contribution is -2.46. The van der Waals surface area contributed by atoms with E-state index in [9.17, 15) is 13.2 Å². The fourth-order valence-electron chi connectivity index (χ4n) is 4.42. The minimum atomic E-state index is -4.34. The number of nitrogens with one attached hydrogen (secondary N) is 1. The van der Waals surface area contributed by atoms with E-state index < -0.39 is 18.3 Å². The molecule has 2 atom stereocenters. The van der Waals surface area contributed by atoms with E-state index in [0.29, 0.717) is 18.2 Å². The first-order valence-electron chi connectivity index (χ1n) is 12.0. The van der Waals surface area contributed by atoms with Gasteiger partial charge in [0.15, 0.2) is 12.4 Å². The summed E-state index contributed by atoms with van der Waals surface area (Å²) < 4.78 is 44.6. The van der Waals surface area contributed by atoms with Gasteiger partial charge in [-0.15, -0.1) is 5.10 Å². The minimum absolute atomic E-state index is 0.273. The number of nitrogens with two attached hydrogens (primary N) is 1. The molecule has 0 radical (unpaired) electrons. The number of aryl methyl sites for hydroxylation is 1.